The molecule has 0 aromatic carbocycles. The zero-order valence-electron chi connectivity index (χ0n) is 9.95. The maximum absolute atomic E-state index is 10.9. The second-order valence-corrected chi connectivity index (χ2v) is 5.82. The second-order valence-electron chi connectivity index (χ2n) is 5.82. The van der Waals surface area contributed by atoms with E-state index in [-0.39, 0.29) is 11.8 Å². The zero-order valence-corrected chi connectivity index (χ0v) is 9.95. The summed E-state index contributed by atoms with van der Waals surface area (Å²) in [6.07, 6.45) is 8.91. The normalized spacial score (nSPS) is 39.1. The van der Waals surface area contributed by atoms with Crippen LogP contribution in [0.25, 0.3) is 0 Å². The average Bonchev–Trinajstić information content (AvgIpc) is 2.28. The Morgan fingerprint density at radius 3 is 2.56 bits per heavy atom. The molecule has 3 nitrogen and oxygen atoms in total. The first kappa shape index (κ1) is 11.9. The Bertz CT molecular complexity index is 267. The van der Waals surface area contributed by atoms with Gasteiger partial charge in [0.2, 0.25) is 0 Å². The molecule has 92 valence electrons. The second kappa shape index (κ2) is 4.74. The van der Waals surface area contributed by atoms with Crippen molar-refractivity contribution in [3.63, 3.8) is 0 Å². The molecule has 16 heavy (non-hydrogen) atoms. The van der Waals surface area contributed by atoms with Crippen LogP contribution in [0, 0.1) is 17.3 Å². The number of hydrogen-bond acceptors (Lipinski definition) is 2. The molecule has 0 aliphatic heterocycles. The number of aliphatic carboxylic acids is 1. The lowest BCUT2D eigenvalue weighted by atomic mass is 9.60. The molecule has 0 aromatic rings. The fraction of sp³-hybridized carbons (Fsp3) is 0.923. The molecule has 2 saturated carbocycles. The van der Waals surface area contributed by atoms with Crippen molar-refractivity contribution in [2.24, 2.45) is 23.0 Å². The summed E-state index contributed by atoms with van der Waals surface area (Å²) in [5, 5.41) is 9.00. The highest BCUT2D eigenvalue weighted by atomic mass is 16.4. The van der Waals surface area contributed by atoms with Gasteiger partial charge in [0.05, 0.1) is 6.42 Å². The number of fused-ring (bicyclic) bond motifs is 1. The van der Waals surface area contributed by atoms with Crippen molar-refractivity contribution in [1.29, 1.82) is 0 Å². The van der Waals surface area contributed by atoms with Crippen molar-refractivity contribution >= 4 is 5.97 Å². The molecule has 0 saturated heterocycles. The summed E-state index contributed by atoms with van der Waals surface area (Å²) in [5.74, 6) is 0.937. The van der Waals surface area contributed by atoms with Gasteiger partial charge in [-0.15, -0.1) is 0 Å². The van der Waals surface area contributed by atoms with E-state index in [9.17, 15) is 4.79 Å². The fourth-order valence-electron chi connectivity index (χ4n) is 3.82. The minimum Gasteiger partial charge on any atom is -0.481 e. The predicted molar refractivity (Wildman–Crippen MR) is 63.0 cm³/mol. The Kier molecular flexibility index (Phi) is 3.53. The first-order chi connectivity index (χ1) is 7.65. The molecule has 0 unspecified atom stereocenters. The van der Waals surface area contributed by atoms with Crippen molar-refractivity contribution in [3.8, 4) is 0 Å². The molecular formula is C13H23NO2. The number of hydrogen-bond donors (Lipinski definition) is 2. The Morgan fingerprint density at radius 1 is 1.25 bits per heavy atom. The molecule has 2 rings (SSSR count). The SMILES string of the molecule is NC[C@]1(CC(=O)O)CC[C@H]2CCCC[C@H]2C1. The van der Waals surface area contributed by atoms with Gasteiger partial charge in [-0.1, -0.05) is 25.7 Å². The Balaban J connectivity index is 2.03. The van der Waals surface area contributed by atoms with Gasteiger partial charge in [0, 0.05) is 0 Å². The molecule has 0 bridgehead atoms. The minimum absolute atomic E-state index is 0.0929. The molecule has 3 heteroatoms. The first-order valence-corrected chi connectivity index (χ1v) is 6.57. The summed E-state index contributed by atoms with van der Waals surface area (Å²) in [5.41, 5.74) is 5.75. The van der Waals surface area contributed by atoms with Crippen molar-refractivity contribution in [2.75, 3.05) is 6.54 Å². The van der Waals surface area contributed by atoms with Gasteiger partial charge >= 0.3 is 5.97 Å². The smallest absolute Gasteiger partial charge is 0.303 e. The Morgan fingerprint density at radius 2 is 1.94 bits per heavy atom. The van der Waals surface area contributed by atoms with Gasteiger partial charge in [0.25, 0.3) is 0 Å². The maximum Gasteiger partial charge on any atom is 0.303 e. The lowest BCUT2D eigenvalue weighted by Crippen LogP contribution is -2.41. The molecule has 2 aliphatic carbocycles. The highest BCUT2D eigenvalue weighted by molar-refractivity contribution is 5.67. The van der Waals surface area contributed by atoms with Crippen LogP contribution in [0.4, 0.5) is 0 Å². The van der Waals surface area contributed by atoms with Crippen LogP contribution >= 0.6 is 0 Å². The molecule has 3 atom stereocenters. The van der Waals surface area contributed by atoms with Gasteiger partial charge in [-0.2, -0.15) is 0 Å². The molecule has 0 radical (unpaired) electrons. The van der Waals surface area contributed by atoms with Crippen molar-refractivity contribution < 1.29 is 9.90 Å². The van der Waals surface area contributed by atoms with Crippen LogP contribution in [0.15, 0.2) is 0 Å². The fourth-order valence-corrected chi connectivity index (χ4v) is 3.82. The highest BCUT2D eigenvalue weighted by Gasteiger charge is 2.41. The van der Waals surface area contributed by atoms with E-state index in [1.807, 2.05) is 0 Å². The topological polar surface area (TPSA) is 63.3 Å². The Hall–Kier alpha value is -0.570. The third-order valence-electron chi connectivity index (χ3n) is 4.77. The molecule has 0 heterocycles. The van der Waals surface area contributed by atoms with E-state index in [0.29, 0.717) is 6.54 Å². The van der Waals surface area contributed by atoms with Gasteiger partial charge < -0.3 is 10.8 Å². The summed E-state index contributed by atoms with van der Waals surface area (Å²) in [7, 11) is 0. The van der Waals surface area contributed by atoms with E-state index >= 15 is 0 Å². The van der Waals surface area contributed by atoms with Gasteiger partial charge in [-0.05, 0) is 43.1 Å². The monoisotopic (exact) mass is 225 g/mol. The predicted octanol–water partition coefficient (Wildman–Crippen LogP) is 2.40. The minimum atomic E-state index is -0.681. The van der Waals surface area contributed by atoms with Crippen LogP contribution in [0.5, 0.6) is 0 Å². The lowest BCUT2D eigenvalue weighted by Gasteiger charge is -2.45. The van der Waals surface area contributed by atoms with Gasteiger partial charge in [-0.25, -0.2) is 0 Å². The third kappa shape index (κ3) is 2.40. The van der Waals surface area contributed by atoms with Crippen LogP contribution in [0.3, 0.4) is 0 Å². The number of carbonyl (C=O) groups is 1. The lowest BCUT2D eigenvalue weighted by molar-refractivity contribution is -0.141. The van der Waals surface area contributed by atoms with Crippen LogP contribution in [0.1, 0.15) is 51.4 Å². The van der Waals surface area contributed by atoms with Crippen molar-refractivity contribution in [3.05, 3.63) is 0 Å². The molecule has 0 aromatic heterocycles. The van der Waals surface area contributed by atoms with Gasteiger partial charge in [0.1, 0.15) is 0 Å². The molecular weight excluding hydrogens is 202 g/mol. The zero-order chi connectivity index (χ0) is 11.6. The molecule has 0 amide bonds. The largest absolute Gasteiger partial charge is 0.481 e. The molecule has 3 N–H and O–H groups in total. The van der Waals surface area contributed by atoms with Gasteiger partial charge in [-0.3, -0.25) is 4.79 Å². The Labute approximate surface area is 97.4 Å². The number of rotatable bonds is 3. The van der Waals surface area contributed by atoms with Crippen LogP contribution in [-0.2, 0) is 4.79 Å². The van der Waals surface area contributed by atoms with Crippen LogP contribution in [-0.4, -0.2) is 17.6 Å². The van der Waals surface area contributed by atoms with Gasteiger partial charge in [0.15, 0.2) is 0 Å². The number of carboxylic acids is 1. The van der Waals surface area contributed by atoms with E-state index in [1.54, 1.807) is 0 Å². The van der Waals surface area contributed by atoms with Crippen molar-refractivity contribution in [1.82, 2.24) is 0 Å². The van der Waals surface area contributed by atoms with E-state index in [1.165, 1.54) is 32.1 Å². The summed E-state index contributed by atoms with van der Waals surface area (Å²) in [6, 6.07) is 0. The summed E-state index contributed by atoms with van der Waals surface area (Å²) in [6.45, 7) is 0.544. The van der Waals surface area contributed by atoms with E-state index in [2.05, 4.69) is 0 Å². The number of nitrogens with two attached hydrogens (primary N) is 1. The van der Waals surface area contributed by atoms with E-state index in [4.69, 9.17) is 10.8 Å². The van der Waals surface area contributed by atoms with E-state index in [0.717, 1.165) is 24.7 Å². The quantitative estimate of drug-likeness (QED) is 0.775. The summed E-state index contributed by atoms with van der Waals surface area (Å²) < 4.78 is 0. The van der Waals surface area contributed by atoms with Crippen molar-refractivity contribution in [2.45, 2.75) is 51.4 Å². The van der Waals surface area contributed by atoms with E-state index < -0.39 is 5.97 Å². The summed E-state index contributed by atoms with van der Waals surface area (Å²) >= 11 is 0. The molecule has 0 spiro atoms. The first-order valence-electron chi connectivity index (χ1n) is 6.57. The van der Waals surface area contributed by atoms with Crippen LogP contribution in [0.2, 0.25) is 0 Å². The summed E-state index contributed by atoms with van der Waals surface area (Å²) in [4.78, 5) is 10.9. The highest BCUT2D eigenvalue weighted by Crippen LogP contribution is 2.49. The standard InChI is InChI=1S/C13H23NO2/c14-9-13(8-12(15)16)6-5-10-3-1-2-4-11(10)7-13/h10-11H,1-9,14H2,(H,15,16)/t10-,11+,13-/m1/s1. The van der Waals surface area contributed by atoms with Crippen LogP contribution < -0.4 is 5.73 Å². The average molecular weight is 225 g/mol. The third-order valence-corrected chi connectivity index (χ3v) is 4.77. The molecule has 2 aliphatic rings. The number of carboxylic acid groups (broad SMARTS) is 1. The molecule has 2 fully saturated rings. The maximum atomic E-state index is 10.9.